The van der Waals surface area contributed by atoms with Crippen LogP contribution in [-0.4, -0.2) is 17.5 Å². The van der Waals surface area contributed by atoms with E-state index in [9.17, 15) is 4.79 Å². The first-order chi connectivity index (χ1) is 5.65. The quantitative estimate of drug-likeness (QED) is 0.502. The summed E-state index contributed by atoms with van der Waals surface area (Å²) in [5.41, 5.74) is 7.36. The van der Waals surface area contributed by atoms with Crippen LogP contribution in [0.2, 0.25) is 0 Å². The van der Waals surface area contributed by atoms with E-state index in [0.29, 0.717) is 11.3 Å². The van der Waals surface area contributed by atoms with Gasteiger partial charge in [0.1, 0.15) is 6.61 Å². The summed E-state index contributed by atoms with van der Waals surface area (Å²) < 4.78 is 0. The first kappa shape index (κ1) is 8.74. The van der Waals surface area contributed by atoms with Gasteiger partial charge in [0.15, 0.2) is 5.78 Å². The number of hydrogen-bond donors (Lipinski definition) is 2. The van der Waals surface area contributed by atoms with Crippen molar-refractivity contribution in [1.82, 2.24) is 0 Å². The van der Waals surface area contributed by atoms with Crippen molar-refractivity contribution in [3.63, 3.8) is 0 Å². The number of anilines is 1. The molecule has 0 fully saturated rings. The SMILES string of the molecule is Cc1ccc(N)cc1C(=O)CO. The van der Waals surface area contributed by atoms with E-state index >= 15 is 0 Å². The molecule has 0 saturated carbocycles. The Bertz CT molecular complexity index is 307. The third-order valence-electron chi connectivity index (χ3n) is 1.71. The average Bonchev–Trinajstić information content (AvgIpc) is 2.08. The molecule has 0 spiro atoms. The van der Waals surface area contributed by atoms with Crippen LogP contribution in [0.15, 0.2) is 18.2 Å². The molecule has 12 heavy (non-hydrogen) atoms. The van der Waals surface area contributed by atoms with Crippen molar-refractivity contribution in [3.05, 3.63) is 29.3 Å². The zero-order chi connectivity index (χ0) is 9.14. The van der Waals surface area contributed by atoms with Crippen LogP contribution in [0.25, 0.3) is 0 Å². The van der Waals surface area contributed by atoms with E-state index in [2.05, 4.69) is 0 Å². The Hall–Kier alpha value is -1.35. The lowest BCUT2D eigenvalue weighted by Gasteiger charge is -2.03. The highest BCUT2D eigenvalue weighted by atomic mass is 16.3. The van der Waals surface area contributed by atoms with Gasteiger partial charge < -0.3 is 10.8 Å². The van der Waals surface area contributed by atoms with Crippen molar-refractivity contribution in [1.29, 1.82) is 0 Å². The summed E-state index contributed by atoms with van der Waals surface area (Å²) >= 11 is 0. The van der Waals surface area contributed by atoms with Crippen molar-refractivity contribution in [2.75, 3.05) is 12.3 Å². The second kappa shape index (κ2) is 3.36. The number of nitrogen functional groups attached to an aromatic ring is 1. The Kier molecular flexibility index (Phi) is 2.45. The van der Waals surface area contributed by atoms with E-state index < -0.39 is 6.61 Å². The summed E-state index contributed by atoms with van der Waals surface area (Å²) in [6.07, 6.45) is 0. The molecule has 1 rings (SSSR count). The summed E-state index contributed by atoms with van der Waals surface area (Å²) in [6, 6.07) is 5.07. The van der Waals surface area contributed by atoms with Crippen LogP contribution in [-0.2, 0) is 0 Å². The van der Waals surface area contributed by atoms with Gasteiger partial charge in [-0.3, -0.25) is 4.79 Å². The Balaban J connectivity index is 3.13. The van der Waals surface area contributed by atoms with E-state index in [1.54, 1.807) is 18.2 Å². The second-order valence-electron chi connectivity index (χ2n) is 2.66. The maximum absolute atomic E-state index is 11.1. The molecule has 0 amide bonds. The van der Waals surface area contributed by atoms with Gasteiger partial charge in [-0.1, -0.05) is 6.07 Å². The van der Waals surface area contributed by atoms with E-state index in [4.69, 9.17) is 10.8 Å². The number of carbonyl (C=O) groups excluding carboxylic acids is 1. The number of nitrogens with two attached hydrogens (primary N) is 1. The molecule has 1 aromatic rings. The van der Waals surface area contributed by atoms with Crippen molar-refractivity contribution < 1.29 is 9.90 Å². The van der Waals surface area contributed by atoms with Gasteiger partial charge in [-0.15, -0.1) is 0 Å². The molecule has 0 aliphatic rings. The van der Waals surface area contributed by atoms with Gasteiger partial charge in [0.25, 0.3) is 0 Å². The van der Waals surface area contributed by atoms with E-state index in [1.165, 1.54) is 0 Å². The number of hydrogen-bond acceptors (Lipinski definition) is 3. The van der Waals surface area contributed by atoms with Crippen molar-refractivity contribution in [3.8, 4) is 0 Å². The molecule has 1 aromatic carbocycles. The molecule has 0 unspecified atom stereocenters. The molecule has 0 saturated heterocycles. The molecule has 3 heteroatoms. The number of benzene rings is 1. The first-order valence-electron chi connectivity index (χ1n) is 3.65. The van der Waals surface area contributed by atoms with Crippen LogP contribution in [0.4, 0.5) is 5.69 Å². The van der Waals surface area contributed by atoms with E-state index in [0.717, 1.165) is 5.56 Å². The van der Waals surface area contributed by atoms with Crippen molar-refractivity contribution in [2.45, 2.75) is 6.92 Å². The van der Waals surface area contributed by atoms with Gasteiger partial charge in [-0.25, -0.2) is 0 Å². The van der Waals surface area contributed by atoms with E-state index in [-0.39, 0.29) is 5.78 Å². The second-order valence-corrected chi connectivity index (χ2v) is 2.66. The largest absolute Gasteiger partial charge is 0.399 e. The van der Waals surface area contributed by atoms with E-state index in [1.807, 2.05) is 6.92 Å². The van der Waals surface area contributed by atoms with Crippen molar-refractivity contribution >= 4 is 11.5 Å². The molecule has 0 aromatic heterocycles. The molecule has 0 bridgehead atoms. The number of aliphatic hydroxyl groups excluding tert-OH is 1. The number of aliphatic hydroxyl groups is 1. The maximum Gasteiger partial charge on any atom is 0.188 e. The van der Waals surface area contributed by atoms with Gasteiger partial charge in [0.2, 0.25) is 0 Å². The third kappa shape index (κ3) is 1.62. The van der Waals surface area contributed by atoms with Crippen LogP contribution in [0, 0.1) is 6.92 Å². The van der Waals surface area contributed by atoms with Crippen LogP contribution < -0.4 is 5.73 Å². The Labute approximate surface area is 70.8 Å². The van der Waals surface area contributed by atoms with Gasteiger partial charge in [-0.05, 0) is 24.6 Å². The summed E-state index contributed by atoms with van der Waals surface area (Å²) in [5.74, 6) is -0.292. The zero-order valence-electron chi connectivity index (χ0n) is 6.87. The van der Waals surface area contributed by atoms with Gasteiger partial charge >= 0.3 is 0 Å². The van der Waals surface area contributed by atoms with Crippen LogP contribution in [0.5, 0.6) is 0 Å². The molecular formula is C9H11NO2. The lowest BCUT2D eigenvalue weighted by atomic mass is 10.0. The predicted octanol–water partition coefficient (Wildman–Crippen LogP) is 0.752. The smallest absolute Gasteiger partial charge is 0.188 e. The lowest BCUT2D eigenvalue weighted by Crippen LogP contribution is -2.06. The number of carbonyl (C=O) groups is 1. The molecule has 0 heterocycles. The number of aryl methyl sites for hydroxylation is 1. The van der Waals surface area contributed by atoms with Gasteiger partial charge in [0, 0.05) is 11.3 Å². The molecule has 3 N–H and O–H groups in total. The summed E-state index contributed by atoms with van der Waals surface area (Å²) in [4.78, 5) is 11.1. The normalized spacial score (nSPS) is 9.83. The lowest BCUT2D eigenvalue weighted by molar-refractivity contribution is 0.0903. The van der Waals surface area contributed by atoms with Crippen LogP contribution >= 0.6 is 0 Å². The van der Waals surface area contributed by atoms with Gasteiger partial charge in [-0.2, -0.15) is 0 Å². The highest BCUT2D eigenvalue weighted by Crippen LogP contribution is 2.12. The molecule has 64 valence electrons. The Morgan fingerprint density at radius 2 is 2.25 bits per heavy atom. The molecule has 0 radical (unpaired) electrons. The highest BCUT2D eigenvalue weighted by molar-refractivity contribution is 5.98. The maximum atomic E-state index is 11.1. The number of rotatable bonds is 2. The van der Waals surface area contributed by atoms with Crippen LogP contribution in [0.1, 0.15) is 15.9 Å². The monoisotopic (exact) mass is 165 g/mol. The molecule has 0 aliphatic heterocycles. The molecule has 3 nitrogen and oxygen atoms in total. The zero-order valence-corrected chi connectivity index (χ0v) is 6.87. The molecule has 0 aliphatic carbocycles. The highest BCUT2D eigenvalue weighted by Gasteiger charge is 2.06. The minimum Gasteiger partial charge on any atom is -0.399 e. The minimum absolute atomic E-state index is 0.292. The predicted molar refractivity (Wildman–Crippen MR) is 47.0 cm³/mol. The molecular weight excluding hydrogens is 154 g/mol. The van der Waals surface area contributed by atoms with Gasteiger partial charge in [0.05, 0.1) is 0 Å². The summed E-state index contributed by atoms with van der Waals surface area (Å²) in [6.45, 7) is 1.34. The molecule has 0 atom stereocenters. The number of ketones is 1. The standard InChI is InChI=1S/C9H11NO2/c1-6-2-3-7(10)4-8(6)9(12)5-11/h2-4,11H,5,10H2,1H3. The average molecular weight is 165 g/mol. The Morgan fingerprint density at radius 3 is 2.83 bits per heavy atom. The Morgan fingerprint density at radius 1 is 1.58 bits per heavy atom. The minimum atomic E-state index is -0.468. The first-order valence-corrected chi connectivity index (χ1v) is 3.65. The number of Topliss-reactive ketones (excluding diaryl/α,β-unsaturated/α-hetero) is 1. The fraction of sp³-hybridized carbons (Fsp3) is 0.222. The van der Waals surface area contributed by atoms with Crippen LogP contribution in [0.3, 0.4) is 0 Å². The fourth-order valence-corrected chi connectivity index (χ4v) is 1.03. The summed E-state index contributed by atoms with van der Waals surface area (Å²) in [7, 11) is 0. The fourth-order valence-electron chi connectivity index (χ4n) is 1.03. The van der Waals surface area contributed by atoms with Crippen molar-refractivity contribution in [2.24, 2.45) is 0 Å². The topological polar surface area (TPSA) is 63.3 Å². The third-order valence-corrected chi connectivity index (χ3v) is 1.71. The summed E-state index contributed by atoms with van der Waals surface area (Å²) in [5, 5.41) is 8.61.